The number of nitro benzene ring substituents is 1. The molecule has 0 aliphatic carbocycles. The Morgan fingerprint density at radius 1 is 1.30 bits per heavy atom. The molecule has 0 unspecified atom stereocenters. The van der Waals surface area contributed by atoms with Gasteiger partial charge in [-0.3, -0.25) is 10.1 Å². The summed E-state index contributed by atoms with van der Waals surface area (Å²) in [4.78, 5) is 25.5. The molecule has 0 radical (unpaired) electrons. The molecule has 2 rings (SSSR count). The van der Waals surface area contributed by atoms with E-state index >= 15 is 0 Å². The molecule has 6 nitrogen and oxygen atoms in total. The van der Waals surface area contributed by atoms with Gasteiger partial charge in [-0.1, -0.05) is 18.2 Å². The Kier molecular flexibility index (Phi) is 4.31. The molecule has 1 aromatic carbocycles. The predicted molar refractivity (Wildman–Crippen MR) is 73.9 cm³/mol. The molecule has 0 aliphatic heterocycles. The maximum Gasteiger partial charge on any atom is 0.343 e. The lowest BCUT2D eigenvalue weighted by Crippen LogP contribution is -2.06. The lowest BCUT2D eigenvalue weighted by molar-refractivity contribution is -0.385. The van der Waals surface area contributed by atoms with E-state index in [1.165, 1.54) is 23.9 Å². The van der Waals surface area contributed by atoms with Gasteiger partial charge in [0, 0.05) is 18.0 Å². The molecule has 1 aromatic heterocycles. The first-order valence-electron chi connectivity index (χ1n) is 5.63. The van der Waals surface area contributed by atoms with Gasteiger partial charge >= 0.3 is 5.97 Å². The van der Waals surface area contributed by atoms with Crippen molar-refractivity contribution in [3.63, 3.8) is 0 Å². The predicted octanol–water partition coefficient (Wildman–Crippen LogP) is 2.98. The number of pyridine rings is 1. The normalized spacial score (nSPS) is 10.2. The molecule has 0 aliphatic rings. The second-order valence-electron chi connectivity index (χ2n) is 3.83. The summed E-state index contributed by atoms with van der Waals surface area (Å²) >= 11 is 1.33. The van der Waals surface area contributed by atoms with E-state index < -0.39 is 16.6 Å². The van der Waals surface area contributed by atoms with E-state index in [-0.39, 0.29) is 5.56 Å². The molecule has 0 amide bonds. The molecule has 0 fully saturated rings. The fraction of sp³-hybridized carbons (Fsp3) is 0.0769. The van der Waals surface area contributed by atoms with E-state index in [9.17, 15) is 14.9 Å². The van der Waals surface area contributed by atoms with Crippen molar-refractivity contribution in [2.75, 3.05) is 0 Å². The highest BCUT2D eigenvalue weighted by Crippen LogP contribution is 2.28. The number of thioether (sulfide) groups is 1. The van der Waals surface area contributed by atoms with Crippen LogP contribution in [0.25, 0.3) is 0 Å². The van der Waals surface area contributed by atoms with Gasteiger partial charge in [-0.2, -0.15) is 0 Å². The van der Waals surface area contributed by atoms with Crippen LogP contribution < -0.4 is 0 Å². The first kappa shape index (κ1) is 14.0. The van der Waals surface area contributed by atoms with Crippen LogP contribution in [-0.2, 0) is 5.75 Å². The Morgan fingerprint density at radius 3 is 2.70 bits per heavy atom. The monoisotopic (exact) mass is 290 g/mol. The van der Waals surface area contributed by atoms with Crippen molar-refractivity contribution in [2.45, 2.75) is 10.8 Å². The van der Waals surface area contributed by atoms with Crippen LogP contribution in [0.3, 0.4) is 0 Å². The first-order valence-corrected chi connectivity index (χ1v) is 6.61. The first-order chi connectivity index (χ1) is 9.59. The van der Waals surface area contributed by atoms with Crippen molar-refractivity contribution in [1.82, 2.24) is 4.98 Å². The third-order valence-corrected chi connectivity index (χ3v) is 3.55. The zero-order valence-electron chi connectivity index (χ0n) is 10.2. The number of nitro groups is 1. The van der Waals surface area contributed by atoms with E-state index in [1.54, 1.807) is 24.4 Å². The van der Waals surface area contributed by atoms with Crippen LogP contribution >= 0.6 is 11.8 Å². The number of aromatic nitrogens is 1. The average Bonchev–Trinajstić information content (AvgIpc) is 2.45. The van der Waals surface area contributed by atoms with Crippen molar-refractivity contribution >= 4 is 23.4 Å². The second-order valence-corrected chi connectivity index (χ2v) is 4.83. The van der Waals surface area contributed by atoms with Crippen LogP contribution in [0.1, 0.15) is 15.9 Å². The highest BCUT2D eigenvalue weighted by atomic mass is 32.2. The summed E-state index contributed by atoms with van der Waals surface area (Å²) in [6, 6.07) is 9.65. The van der Waals surface area contributed by atoms with Crippen LogP contribution in [0.5, 0.6) is 0 Å². The number of carbonyl (C=O) groups is 1. The molecule has 0 bridgehead atoms. The maximum atomic E-state index is 11.2. The zero-order chi connectivity index (χ0) is 14.5. The number of aromatic carboxylic acids is 1. The molecule has 0 atom stereocenters. The van der Waals surface area contributed by atoms with Gasteiger partial charge in [-0.25, -0.2) is 9.78 Å². The molecule has 0 saturated heterocycles. The molecule has 102 valence electrons. The van der Waals surface area contributed by atoms with Gasteiger partial charge in [-0.15, -0.1) is 11.8 Å². The Bertz CT molecular complexity index is 646. The summed E-state index contributed by atoms with van der Waals surface area (Å²) in [7, 11) is 0. The average molecular weight is 290 g/mol. The largest absolute Gasteiger partial charge is 0.477 e. The topological polar surface area (TPSA) is 93.3 Å². The highest BCUT2D eigenvalue weighted by molar-refractivity contribution is 7.98. The molecule has 0 spiro atoms. The van der Waals surface area contributed by atoms with Crippen molar-refractivity contribution in [1.29, 1.82) is 0 Å². The number of carboxylic acid groups (broad SMARTS) is 1. The van der Waals surface area contributed by atoms with Gasteiger partial charge in [0.2, 0.25) is 0 Å². The summed E-state index contributed by atoms with van der Waals surface area (Å²) in [5, 5.41) is 20.8. The number of nitrogens with zero attached hydrogens (tertiary/aromatic N) is 2. The summed E-state index contributed by atoms with van der Waals surface area (Å²) in [5.41, 5.74) is -0.250. The van der Waals surface area contributed by atoms with Gasteiger partial charge in [0.25, 0.3) is 5.69 Å². The summed E-state index contributed by atoms with van der Waals surface area (Å²) in [5.74, 6) is -0.991. The number of hydrogen-bond acceptors (Lipinski definition) is 5. The van der Waals surface area contributed by atoms with Crippen LogP contribution in [-0.4, -0.2) is 21.0 Å². The Hall–Kier alpha value is -2.41. The summed E-state index contributed by atoms with van der Waals surface area (Å²) in [6.07, 6.45) is 1.63. The number of hydrogen-bond donors (Lipinski definition) is 1. The quantitative estimate of drug-likeness (QED) is 0.517. The van der Waals surface area contributed by atoms with E-state index in [0.717, 1.165) is 5.03 Å². The molecule has 2 aromatic rings. The molecule has 7 heteroatoms. The van der Waals surface area contributed by atoms with Crippen LogP contribution in [0.4, 0.5) is 5.69 Å². The zero-order valence-corrected chi connectivity index (χ0v) is 11.0. The van der Waals surface area contributed by atoms with Gasteiger partial charge in [0.1, 0.15) is 5.56 Å². The molecule has 1 heterocycles. The fourth-order valence-electron chi connectivity index (χ4n) is 1.69. The minimum Gasteiger partial charge on any atom is -0.477 e. The Morgan fingerprint density at radius 2 is 2.10 bits per heavy atom. The molecular weight excluding hydrogens is 280 g/mol. The molecule has 1 N–H and O–H groups in total. The lowest BCUT2D eigenvalue weighted by Gasteiger charge is -2.06. The van der Waals surface area contributed by atoms with E-state index in [2.05, 4.69) is 4.98 Å². The van der Waals surface area contributed by atoms with Crippen molar-refractivity contribution in [2.24, 2.45) is 0 Å². The van der Waals surface area contributed by atoms with Crippen LogP contribution in [0.15, 0.2) is 47.6 Å². The van der Waals surface area contributed by atoms with E-state index in [4.69, 9.17) is 5.11 Å². The van der Waals surface area contributed by atoms with Crippen LogP contribution in [0, 0.1) is 10.1 Å². The van der Waals surface area contributed by atoms with Gasteiger partial charge in [0.05, 0.1) is 9.95 Å². The van der Waals surface area contributed by atoms with E-state index in [1.807, 2.05) is 6.07 Å². The highest BCUT2D eigenvalue weighted by Gasteiger charge is 2.23. The van der Waals surface area contributed by atoms with Crippen molar-refractivity contribution in [3.8, 4) is 0 Å². The SMILES string of the molecule is O=C(O)c1c(CSc2ccccn2)cccc1[N+](=O)[O-]. The van der Waals surface area contributed by atoms with E-state index in [0.29, 0.717) is 11.3 Å². The van der Waals surface area contributed by atoms with Crippen molar-refractivity contribution < 1.29 is 14.8 Å². The molecular formula is C13H10N2O4S. The Labute approximate surface area is 118 Å². The maximum absolute atomic E-state index is 11.2. The minimum absolute atomic E-state index is 0.263. The summed E-state index contributed by atoms with van der Waals surface area (Å²) < 4.78 is 0. The van der Waals surface area contributed by atoms with Gasteiger partial charge in [0.15, 0.2) is 0 Å². The lowest BCUT2D eigenvalue weighted by atomic mass is 10.1. The smallest absolute Gasteiger partial charge is 0.343 e. The van der Waals surface area contributed by atoms with Gasteiger partial charge < -0.3 is 5.11 Å². The van der Waals surface area contributed by atoms with Crippen molar-refractivity contribution in [3.05, 3.63) is 63.8 Å². The second kappa shape index (κ2) is 6.16. The fourth-order valence-corrected chi connectivity index (χ4v) is 2.54. The Balaban J connectivity index is 2.30. The third kappa shape index (κ3) is 3.12. The minimum atomic E-state index is -1.30. The number of carboxylic acids is 1. The standard InChI is InChI=1S/C13H10N2O4S/c16-13(17)12-9(4-3-5-10(12)15(18)19)8-20-11-6-1-2-7-14-11/h1-7H,8H2,(H,16,17). The van der Waals surface area contributed by atoms with Crippen LogP contribution in [0.2, 0.25) is 0 Å². The van der Waals surface area contributed by atoms with Gasteiger partial charge in [-0.05, 0) is 17.7 Å². The molecule has 0 saturated carbocycles. The third-order valence-electron chi connectivity index (χ3n) is 2.55. The summed E-state index contributed by atoms with van der Waals surface area (Å²) in [6.45, 7) is 0. The molecule has 20 heavy (non-hydrogen) atoms. The number of benzene rings is 1. The number of rotatable bonds is 5.